The SMILES string of the molecule is Cc1nn(CC(C)C)c(Cl)c1C=CC(=O)N1CCOCC1. The molecule has 1 aromatic rings. The highest BCUT2D eigenvalue weighted by atomic mass is 35.5. The molecule has 0 saturated carbocycles. The second kappa shape index (κ2) is 7.09. The van der Waals surface area contributed by atoms with Crippen LogP contribution in [0.1, 0.15) is 25.1 Å². The molecule has 1 aromatic heterocycles. The third kappa shape index (κ3) is 4.08. The number of aromatic nitrogens is 2. The summed E-state index contributed by atoms with van der Waals surface area (Å²) in [5, 5.41) is 5.02. The first-order valence-electron chi connectivity index (χ1n) is 7.26. The summed E-state index contributed by atoms with van der Waals surface area (Å²) in [4.78, 5) is 13.9. The van der Waals surface area contributed by atoms with Crippen LogP contribution in [0.4, 0.5) is 0 Å². The van der Waals surface area contributed by atoms with E-state index < -0.39 is 0 Å². The van der Waals surface area contributed by atoms with Crippen molar-refractivity contribution in [1.29, 1.82) is 0 Å². The Morgan fingerprint density at radius 2 is 2.10 bits per heavy atom. The molecule has 1 aliphatic rings. The molecule has 21 heavy (non-hydrogen) atoms. The molecule has 0 unspecified atom stereocenters. The lowest BCUT2D eigenvalue weighted by Crippen LogP contribution is -2.39. The first-order valence-corrected chi connectivity index (χ1v) is 7.64. The Morgan fingerprint density at radius 1 is 1.43 bits per heavy atom. The highest BCUT2D eigenvalue weighted by Crippen LogP contribution is 2.22. The maximum absolute atomic E-state index is 12.1. The zero-order valence-electron chi connectivity index (χ0n) is 12.8. The van der Waals surface area contributed by atoms with Crippen LogP contribution in [0.2, 0.25) is 5.15 Å². The molecule has 0 spiro atoms. The van der Waals surface area contributed by atoms with E-state index in [-0.39, 0.29) is 5.91 Å². The van der Waals surface area contributed by atoms with Crippen molar-refractivity contribution >= 4 is 23.6 Å². The molecule has 0 radical (unpaired) electrons. The molecule has 0 aromatic carbocycles. The summed E-state index contributed by atoms with van der Waals surface area (Å²) < 4.78 is 7.03. The molecular weight excluding hydrogens is 290 g/mol. The first kappa shape index (κ1) is 16.0. The van der Waals surface area contributed by atoms with Gasteiger partial charge in [-0.05, 0) is 18.9 Å². The number of halogens is 1. The second-order valence-corrected chi connectivity index (χ2v) is 5.99. The highest BCUT2D eigenvalue weighted by molar-refractivity contribution is 6.31. The van der Waals surface area contributed by atoms with Crippen molar-refractivity contribution in [3.8, 4) is 0 Å². The maximum Gasteiger partial charge on any atom is 0.246 e. The molecule has 0 aliphatic carbocycles. The largest absolute Gasteiger partial charge is 0.378 e. The number of morpholine rings is 1. The summed E-state index contributed by atoms with van der Waals surface area (Å²) in [6.45, 7) is 9.39. The van der Waals surface area contributed by atoms with Gasteiger partial charge in [0.1, 0.15) is 5.15 Å². The molecule has 1 fully saturated rings. The van der Waals surface area contributed by atoms with E-state index >= 15 is 0 Å². The van der Waals surface area contributed by atoms with Crippen LogP contribution in [0.25, 0.3) is 6.08 Å². The highest BCUT2D eigenvalue weighted by Gasteiger charge is 2.16. The van der Waals surface area contributed by atoms with E-state index in [4.69, 9.17) is 16.3 Å². The lowest BCUT2D eigenvalue weighted by Gasteiger charge is -2.25. The van der Waals surface area contributed by atoms with Gasteiger partial charge < -0.3 is 9.64 Å². The van der Waals surface area contributed by atoms with Crippen LogP contribution in [0.3, 0.4) is 0 Å². The number of hydrogen-bond acceptors (Lipinski definition) is 3. The van der Waals surface area contributed by atoms with E-state index in [2.05, 4.69) is 18.9 Å². The van der Waals surface area contributed by atoms with Gasteiger partial charge in [0.25, 0.3) is 0 Å². The van der Waals surface area contributed by atoms with E-state index in [9.17, 15) is 4.79 Å². The molecular formula is C15H22ClN3O2. The van der Waals surface area contributed by atoms with E-state index in [1.807, 2.05) is 6.92 Å². The fourth-order valence-electron chi connectivity index (χ4n) is 2.27. The minimum absolute atomic E-state index is 0.00891. The second-order valence-electron chi connectivity index (χ2n) is 5.64. The standard InChI is InChI=1S/C15H22ClN3O2/c1-11(2)10-19-15(16)13(12(3)17-19)4-5-14(20)18-6-8-21-9-7-18/h4-5,11H,6-10H2,1-3H3. The van der Waals surface area contributed by atoms with Crippen molar-refractivity contribution in [2.24, 2.45) is 5.92 Å². The molecule has 1 aliphatic heterocycles. The summed E-state index contributed by atoms with van der Waals surface area (Å²) in [6, 6.07) is 0. The summed E-state index contributed by atoms with van der Waals surface area (Å²) in [6.07, 6.45) is 3.33. The van der Waals surface area contributed by atoms with Crippen molar-refractivity contribution in [3.63, 3.8) is 0 Å². The van der Waals surface area contributed by atoms with Crippen molar-refractivity contribution in [3.05, 3.63) is 22.5 Å². The fourth-order valence-corrected chi connectivity index (χ4v) is 2.57. The van der Waals surface area contributed by atoms with Crippen LogP contribution in [0, 0.1) is 12.8 Å². The van der Waals surface area contributed by atoms with Crippen molar-refractivity contribution in [2.75, 3.05) is 26.3 Å². The van der Waals surface area contributed by atoms with Gasteiger partial charge >= 0.3 is 0 Å². The minimum Gasteiger partial charge on any atom is -0.378 e. The topological polar surface area (TPSA) is 47.4 Å². The molecule has 0 atom stereocenters. The molecule has 116 valence electrons. The number of rotatable bonds is 4. The predicted octanol–water partition coefficient (Wildman–Crippen LogP) is 2.37. The maximum atomic E-state index is 12.1. The average molecular weight is 312 g/mol. The zero-order valence-corrected chi connectivity index (χ0v) is 13.6. The van der Waals surface area contributed by atoms with Gasteiger partial charge in [0, 0.05) is 31.3 Å². The van der Waals surface area contributed by atoms with Crippen molar-refractivity contribution in [1.82, 2.24) is 14.7 Å². The molecule has 0 bridgehead atoms. The quantitative estimate of drug-likeness (QED) is 0.802. The average Bonchev–Trinajstić information content (AvgIpc) is 2.71. The molecule has 2 heterocycles. The molecule has 5 nitrogen and oxygen atoms in total. The van der Waals surface area contributed by atoms with Gasteiger partial charge in [0.15, 0.2) is 0 Å². The zero-order chi connectivity index (χ0) is 15.4. The van der Waals surface area contributed by atoms with E-state index in [1.54, 1.807) is 21.7 Å². The van der Waals surface area contributed by atoms with E-state index in [1.165, 1.54) is 0 Å². The Balaban J connectivity index is 2.09. The normalized spacial score (nSPS) is 16.1. The summed E-state index contributed by atoms with van der Waals surface area (Å²) >= 11 is 6.35. The Kier molecular flexibility index (Phi) is 5.42. The summed E-state index contributed by atoms with van der Waals surface area (Å²) in [7, 11) is 0. The number of carbonyl (C=O) groups is 1. The number of aryl methyl sites for hydroxylation is 1. The smallest absolute Gasteiger partial charge is 0.246 e. The van der Waals surface area contributed by atoms with Gasteiger partial charge in [-0.2, -0.15) is 5.10 Å². The van der Waals surface area contributed by atoms with Gasteiger partial charge in [0.2, 0.25) is 5.91 Å². The molecule has 2 rings (SSSR count). The number of ether oxygens (including phenoxy) is 1. The number of hydrogen-bond donors (Lipinski definition) is 0. The van der Waals surface area contributed by atoms with Crippen molar-refractivity contribution in [2.45, 2.75) is 27.3 Å². The lowest BCUT2D eigenvalue weighted by atomic mass is 10.2. The Labute approximate surface area is 130 Å². The third-order valence-electron chi connectivity index (χ3n) is 3.36. The molecule has 6 heteroatoms. The Bertz CT molecular complexity index is 531. The first-order chi connectivity index (χ1) is 9.99. The Morgan fingerprint density at radius 3 is 2.71 bits per heavy atom. The molecule has 0 N–H and O–H groups in total. The van der Waals surface area contributed by atoms with Gasteiger partial charge in [-0.3, -0.25) is 9.48 Å². The van der Waals surface area contributed by atoms with Crippen LogP contribution in [-0.4, -0.2) is 46.9 Å². The summed E-state index contributed by atoms with van der Waals surface area (Å²) in [5.74, 6) is 0.457. The van der Waals surface area contributed by atoms with Crippen LogP contribution < -0.4 is 0 Å². The number of carbonyl (C=O) groups excluding carboxylic acids is 1. The fraction of sp³-hybridized carbons (Fsp3) is 0.600. The van der Waals surface area contributed by atoms with Gasteiger partial charge in [-0.15, -0.1) is 0 Å². The van der Waals surface area contributed by atoms with Gasteiger partial charge in [0.05, 0.1) is 18.9 Å². The van der Waals surface area contributed by atoms with E-state index in [0.717, 1.165) is 17.8 Å². The van der Waals surface area contributed by atoms with Crippen LogP contribution in [0.15, 0.2) is 6.08 Å². The Hall–Kier alpha value is -1.33. The van der Waals surface area contributed by atoms with Crippen LogP contribution in [-0.2, 0) is 16.1 Å². The van der Waals surface area contributed by atoms with Gasteiger partial charge in [-0.25, -0.2) is 0 Å². The monoisotopic (exact) mass is 311 g/mol. The lowest BCUT2D eigenvalue weighted by molar-refractivity contribution is -0.129. The summed E-state index contributed by atoms with van der Waals surface area (Å²) in [5.41, 5.74) is 1.66. The number of nitrogens with zero attached hydrogens (tertiary/aromatic N) is 3. The van der Waals surface area contributed by atoms with Gasteiger partial charge in [-0.1, -0.05) is 25.4 Å². The molecule has 1 saturated heterocycles. The number of amides is 1. The third-order valence-corrected chi connectivity index (χ3v) is 3.76. The van der Waals surface area contributed by atoms with Crippen LogP contribution >= 0.6 is 11.6 Å². The minimum atomic E-state index is -0.00891. The van der Waals surface area contributed by atoms with Crippen molar-refractivity contribution < 1.29 is 9.53 Å². The predicted molar refractivity (Wildman–Crippen MR) is 83.2 cm³/mol. The van der Waals surface area contributed by atoms with E-state index in [0.29, 0.717) is 37.4 Å². The molecule has 1 amide bonds. The van der Waals surface area contributed by atoms with Crippen LogP contribution in [0.5, 0.6) is 0 Å².